The molecule has 4 nitrogen and oxygen atoms in total. The first-order valence-corrected chi connectivity index (χ1v) is 9.92. The maximum Gasteiger partial charge on any atom is 0.137 e. The molecular weight excluding hydrogens is 310 g/mol. The molecule has 1 rings (SSSR count). The van der Waals surface area contributed by atoms with Crippen LogP contribution in [0.25, 0.3) is 0 Å². The Morgan fingerprint density at radius 3 is 1.76 bits per heavy atom. The van der Waals surface area contributed by atoms with Gasteiger partial charge in [-0.25, -0.2) is 0 Å². The Bertz CT molecular complexity index is 478. The second kappa shape index (κ2) is 10.0. The number of quaternary nitrogens is 2. The number of nitrogens with zero attached hydrogens (tertiary/aromatic N) is 3. The largest absolute Gasteiger partial charge is 0.488 e. The third-order valence-corrected chi connectivity index (χ3v) is 6.21. The highest BCUT2D eigenvalue weighted by atomic mass is 16.5. The summed E-state index contributed by atoms with van der Waals surface area (Å²) in [7, 11) is 6.81. The predicted octanol–water partition coefficient (Wildman–Crippen LogP) is 3.47. The van der Waals surface area contributed by atoms with Gasteiger partial charge in [0.1, 0.15) is 18.9 Å². The molecule has 0 heterocycles. The van der Waals surface area contributed by atoms with E-state index in [0.29, 0.717) is 0 Å². The number of benzene rings is 1. The average Bonchev–Trinajstić information content (AvgIpc) is 2.66. The van der Waals surface area contributed by atoms with Crippen LogP contribution in [0, 0.1) is 0 Å². The molecule has 0 amide bonds. The summed E-state index contributed by atoms with van der Waals surface area (Å²) >= 11 is 0. The zero-order chi connectivity index (χ0) is 18.9. The number of rotatable bonds is 12. The van der Waals surface area contributed by atoms with Crippen molar-refractivity contribution in [1.29, 1.82) is 0 Å². The Balaban J connectivity index is 2.50. The number of anilines is 1. The van der Waals surface area contributed by atoms with Crippen LogP contribution >= 0.6 is 0 Å². The van der Waals surface area contributed by atoms with Crippen LogP contribution in [-0.2, 0) is 0 Å². The first-order chi connectivity index (χ1) is 11.8. The third-order valence-electron chi connectivity index (χ3n) is 6.21. The molecule has 0 N–H and O–H groups in total. The van der Waals surface area contributed by atoms with E-state index < -0.39 is 0 Å². The van der Waals surface area contributed by atoms with E-state index >= 15 is 0 Å². The van der Waals surface area contributed by atoms with Crippen LogP contribution in [0.15, 0.2) is 24.3 Å². The van der Waals surface area contributed by atoms with Crippen molar-refractivity contribution in [2.75, 3.05) is 78.5 Å². The Kier molecular flexibility index (Phi) is 8.74. The van der Waals surface area contributed by atoms with E-state index in [1.165, 1.54) is 25.3 Å². The molecule has 0 bridgehead atoms. The van der Waals surface area contributed by atoms with Crippen molar-refractivity contribution in [3.05, 3.63) is 24.3 Å². The number of hydrogen-bond donors (Lipinski definition) is 0. The van der Waals surface area contributed by atoms with E-state index in [9.17, 15) is 0 Å². The van der Waals surface area contributed by atoms with Crippen LogP contribution in [0.4, 0.5) is 5.69 Å². The second-order valence-electron chi connectivity index (χ2n) is 7.72. The maximum absolute atomic E-state index is 5.95. The molecule has 0 radical (unpaired) electrons. The first kappa shape index (κ1) is 21.8. The summed E-state index contributed by atoms with van der Waals surface area (Å²) in [6.45, 7) is 17.8. The van der Waals surface area contributed by atoms with Gasteiger partial charge in [-0.15, -0.1) is 0 Å². The molecule has 0 aliphatic rings. The minimum absolute atomic E-state index is 0.774. The van der Waals surface area contributed by atoms with E-state index in [1.807, 2.05) is 0 Å². The van der Waals surface area contributed by atoms with E-state index in [2.05, 4.69) is 78.0 Å². The lowest BCUT2D eigenvalue weighted by Gasteiger charge is -2.34. The zero-order valence-corrected chi connectivity index (χ0v) is 17.7. The zero-order valence-electron chi connectivity index (χ0n) is 17.7. The van der Waals surface area contributed by atoms with Crippen LogP contribution in [0.2, 0.25) is 0 Å². The van der Waals surface area contributed by atoms with Gasteiger partial charge in [-0.1, -0.05) is 0 Å². The van der Waals surface area contributed by atoms with Gasteiger partial charge in [0.05, 0.1) is 53.4 Å². The number of ether oxygens (including phenoxy) is 1. The topological polar surface area (TPSA) is 12.5 Å². The summed E-state index contributed by atoms with van der Waals surface area (Å²) in [5.74, 6) is 0.971. The molecule has 25 heavy (non-hydrogen) atoms. The Hall–Kier alpha value is -1.26. The normalized spacial score (nSPS) is 12.3. The van der Waals surface area contributed by atoms with Crippen molar-refractivity contribution in [1.82, 2.24) is 0 Å². The van der Waals surface area contributed by atoms with Crippen LogP contribution in [-0.4, -0.2) is 82.5 Å². The molecular formula is C21H41N3O+2. The molecule has 144 valence electrons. The molecule has 0 spiro atoms. The van der Waals surface area contributed by atoms with Gasteiger partial charge in [0.25, 0.3) is 0 Å². The fourth-order valence-electron chi connectivity index (χ4n) is 2.78. The Morgan fingerprint density at radius 2 is 1.28 bits per heavy atom. The Morgan fingerprint density at radius 1 is 0.800 bits per heavy atom. The molecule has 0 saturated heterocycles. The van der Waals surface area contributed by atoms with Crippen molar-refractivity contribution >= 4 is 5.69 Å². The molecule has 0 unspecified atom stereocenters. The monoisotopic (exact) mass is 351 g/mol. The summed E-state index contributed by atoms with van der Waals surface area (Å²) in [5.41, 5.74) is 1.26. The summed E-state index contributed by atoms with van der Waals surface area (Å²) < 4.78 is 8.14. The summed E-state index contributed by atoms with van der Waals surface area (Å²) in [5, 5.41) is 0. The SMILES string of the molecule is CC[N+](C)(CC)CCOc1ccc(N(C)CC[N+](C)(CC)CC)cc1. The van der Waals surface area contributed by atoms with E-state index in [4.69, 9.17) is 4.74 Å². The molecule has 0 atom stereocenters. The molecule has 0 fully saturated rings. The molecule has 1 aromatic rings. The Labute approximate surface area is 156 Å². The van der Waals surface area contributed by atoms with Crippen LogP contribution in [0.3, 0.4) is 0 Å². The fraction of sp³-hybridized carbons (Fsp3) is 0.714. The van der Waals surface area contributed by atoms with Crippen molar-refractivity contribution in [3.8, 4) is 5.75 Å². The lowest BCUT2D eigenvalue weighted by Crippen LogP contribution is -2.47. The molecule has 0 aliphatic carbocycles. The highest BCUT2D eigenvalue weighted by Gasteiger charge is 2.17. The van der Waals surface area contributed by atoms with Gasteiger partial charge in [-0.2, -0.15) is 0 Å². The van der Waals surface area contributed by atoms with Gasteiger partial charge in [-0.3, -0.25) is 0 Å². The lowest BCUT2D eigenvalue weighted by molar-refractivity contribution is -0.906. The highest BCUT2D eigenvalue weighted by Crippen LogP contribution is 2.19. The van der Waals surface area contributed by atoms with Crippen molar-refractivity contribution < 1.29 is 13.7 Å². The fourth-order valence-corrected chi connectivity index (χ4v) is 2.78. The van der Waals surface area contributed by atoms with Gasteiger partial charge in [0.15, 0.2) is 0 Å². The van der Waals surface area contributed by atoms with Gasteiger partial charge < -0.3 is 18.6 Å². The molecule has 4 heteroatoms. The van der Waals surface area contributed by atoms with Crippen molar-refractivity contribution in [3.63, 3.8) is 0 Å². The van der Waals surface area contributed by atoms with Crippen molar-refractivity contribution in [2.24, 2.45) is 0 Å². The maximum atomic E-state index is 5.95. The second-order valence-corrected chi connectivity index (χ2v) is 7.72. The van der Waals surface area contributed by atoms with E-state index in [-0.39, 0.29) is 0 Å². The summed E-state index contributed by atoms with van der Waals surface area (Å²) in [4.78, 5) is 2.34. The average molecular weight is 352 g/mol. The minimum atomic E-state index is 0.774. The van der Waals surface area contributed by atoms with Gasteiger partial charge >= 0.3 is 0 Å². The molecule has 0 aliphatic heterocycles. The standard InChI is InChI=1S/C21H41N3O/c1-8-23(6,9-2)17-16-22(5)20-12-14-21(15-13-20)25-19-18-24(7,10-3)11-4/h12-15H,8-11,16-19H2,1-7H3/q+2. The number of likely N-dealkylation sites (N-methyl/N-ethyl adjacent to an activating group) is 3. The first-order valence-electron chi connectivity index (χ1n) is 9.92. The smallest absolute Gasteiger partial charge is 0.137 e. The lowest BCUT2D eigenvalue weighted by atomic mass is 10.2. The molecule has 0 saturated carbocycles. The van der Waals surface area contributed by atoms with Gasteiger partial charge in [0, 0.05) is 12.7 Å². The highest BCUT2D eigenvalue weighted by molar-refractivity contribution is 5.48. The van der Waals surface area contributed by atoms with Crippen LogP contribution in [0.1, 0.15) is 27.7 Å². The van der Waals surface area contributed by atoms with Crippen LogP contribution in [0.5, 0.6) is 5.75 Å². The minimum Gasteiger partial charge on any atom is -0.488 e. The molecule has 0 aromatic heterocycles. The van der Waals surface area contributed by atoms with Gasteiger partial charge in [0.2, 0.25) is 0 Å². The van der Waals surface area contributed by atoms with E-state index in [1.54, 1.807) is 0 Å². The van der Waals surface area contributed by atoms with E-state index in [0.717, 1.165) is 47.5 Å². The van der Waals surface area contributed by atoms with Crippen LogP contribution < -0.4 is 9.64 Å². The molecule has 1 aromatic carbocycles. The summed E-state index contributed by atoms with van der Waals surface area (Å²) in [6, 6.07) is 8.54. The third kappa shape index (κ3) is 6.87. The quantitative estimate of drug-likeness (QED) is 0.535. The van der Waals surface area contributed by atoms with Crippen molar-refractivity contribution in [2.45, 2.75) is 27.7 Å². The summed E-state index contributed by atoms with van der Waals surface area (Å²) in [6.07, 6.45) is 0. The van der Waals surface area contributed by atoms with Gasteiger partial charge in [-0.05, 0) is 52.0 Å². The number of hydrogen-bond acceptors (Lipinski definition) is 2. The predicted molar refractivity (Wildman–Crippen MR) is 109 cm³/mol.